The molecule has 2 saturated carbocycles. The molecular weight excluding hydrogens is 826 g/mol. The maximum atomic E-state index is 14.0. The first kappa shape index (κ1) is 45.4. The maximum Gasteiger partial charge on any atom is 2.00 e. The molecule has 0 spiro atoms. The summed E-state index contributed by atoms with van der Waals surface area (Å²) in [4.78, 5) is 0. The molecular formula is C40H40F12FeP2. The largest absolute Gasteiger partial charge is 2.00 e. The van der Waals surface area contributed by atoms with Crippen molar-refractivity contribution in [3.05, 3.63) is 113 Å². The van der Waals surface area contributed by atoms with Gasteiger partial charge in [-0.1, -0.05) is 53.4 Å². The molecule has 4 aromatic carbocycles. The number of hydrogen-bond acceptors (Lipinski definition) is 0. The average molecular weight is 867 g/mol. The molecule has 0 bridgehead atoms. The first-order chi connectivity index (χ1) is 25.2. The Kier molecular flexibility index (Phi) is 15.3. The molecule has 0 amide bonds. The van der Waals surface area contributed by atoms with Gasteiger partial charge in [-0.2, -0.15) is 77.0 Å². The van der Waals surface area contributed by atoms with E-state index in [-0.39, 0.29) is 29.2 Å². The zero-order valence-corrected chi connectivity index (χ0v) is 32.6. The summed E-state index contributed by atoms with van der Waals surface area (Å²) < 4.78 is 169. The van der Waals surface area contributed by atoms with E-state index < -0.39 is 79.1 Å². The van der Waals surface area contributed by atoms with E-state index in [0.717, 1.165) is 69.5 Å². The van der Waals surface area contributed by atoms with Crippen molar-refractivity contribution in [2.45, 2.75) is 113 Å². The quantitative estimate of drug-likeness (QED) is 0.0751. The molecule has 6 rings (SSSR count). The van der Waals surface area contributed by atoms with Gasteiger partial charge in [-0.25, -0.2) is 24.3 Å². The van der Waals surface area contributed by atoms with E-state index in [2.05, 4.69) is 0 Å². The Morgan fingerprint density at radius 2 is 0.927 bits per heavy atom. The second-order valence-corrected chi connectivity index (χ2v) is 19.2. The average Bonchev–Trinajstić information content (AvgIpc) is 3.84. The molecule has 302 valence electrons. The molecule has 0 N–H and O–H groups in total. The van der Waals surface area contributed by atoms with Crippen LogP contribution in [-0.2, 0) is 41.8 Å². The van der Waals surface area contributed by atoms with Crippen molar-refractivity contribution in [3.63, 3.8) is 0 Å². The number of benzene rings is 2. The summed E-state index contributed by atoms with van der Waals surface area (Å²) in [6, 6.07) is 16.9. The van der Waals surface area contributed by atoms with Crippen LogP contribution in [0.5, 0.6) is 0 Å². The van der Waals surface area contributed by atoms with Crippen LogP contribution in [0.1, 0.15) is 105 Å². The molecule has 0 aromatic heterocycles. The van der Waals surface area contributed by atoms with E-state index in [9.17, 15) is 52.7 Å². The summed E-state index contributed by atoms with van der Waals surface area (Å²) in [6.07, 6.45) is -11.0. The second-order valence-electron chi connectivity index (χ2n) is 13.9. The van der Waals surface area contributed by atoms with Crippen molar-refractivity contribution >= 4 is 31.8 Å². The molecule has 0 unspecified atom stereocenters. The standard InChI is InChI=1S/C35H35F12P2.C5H5.Fe/c1-21(30-13-8-14-31(30)49(26-9-4-2-5-10-26)27-11-6-3-7-12-27)48(28-17-22(32(36,37)38)15-23(18-28)33(39,40)41)29-19-24(34(42,43)44)16-25(20-29)35(45,46)47;1-2-4-5-3-1;/h8,13-21,26-27H,2-7,9-12H2,1H3;1-5H;/q2*-1;+2/t21-;;/m1../s1. The maximum absolute atomic E-state index is 14.0. The van der Waals surface area contributed by atoms with Gasteiger partial charge in [0, 0.05) is 0 Å². The van der Waals surface area contributed by atoms with Crippen LogP contribution in [-0.4, -0.2) is 11.3 Å². The van der Waals surface area contributed by atoms with Crippen molar-refractivity contribution < 1.29 is 69.8 Å². The zero-order valence-electron chi connectivity index (χ0n) is 29.7. The van der Waals surface area contributed by atoms with Crippen LogP contribution < -0.4 is 15.9 Å². The Morgan fingerprint density at radius 1 is 0.564 bits per heavy atom. The van der Waals surface area contributed by atoms with Crippen molar-refractivity contribution in [1.82, 2.24) is 0 Å². The summed E-state index contributed by atoms with van der Waals surface area (Å²) >= 11 is 0. The van der Waals surface area contributed by atoms with Crippen LogP contribution in [0.2, 0.25) is 0 Å². The summed E-state index contributed by atoms with van der Waals surface area (Å²) in [7, 11) is -3.56. The molecule has 2 fully saturated rings. The van der Waals surface area contributed by atoms with Crippen molar-refractivity contribution in [2.75, 3.05) is 0 Å². The molecule has 2 aliphatic carbocycles. The van der Waals surface area contributed by atoms with Crippen molar-refractivity contribution in [1.29, 1.82) is 0 Å². The third kappa shape index (κ3) is 11.6. The normalized spacial score (nSPS) is 17.1. The van der Waals surface area contributed by atoms with Gasteiger partial charge in [0.25, 0.3) is 0 Å². The summed E-state index contributed by atoms with van der Waals surface area (Å²) in [6.45, 7) is 1.50. The van der Waals surface area contributed by atoms with Crippen LogP contribution in [0.4, 0.5) is 52.7 Å². The van der Waals surface area contributed by atoms with E-state index in [0.29, 0.717) is 41.1 Å². The third-order valence-electron chi connectivity index (χ3n) is 10.1. The predicted molar refractivity (Wildman–Crippen MR) is 192 cm³/mol. The molecule has 15 heteroatoms. The van der Waals surface area contributed by atoms with Gasteiger partial charge in [0.15, 0.2) is 0 Å². The molecule has 0 radical (unpaired) electrons. The van der Waals surface area contributed by atoms with Gasteiger partial charge >= 0.3 is 41.8 Å². The Labute approximate surface area is 326 Å². The van der Waals surface area contributed by atoms with E-state index in [4.69, 9.17) is 0 Å². The van der Waals surface area contributed by atoms with Gasteiger partial charge in [0.1, 0.15) is 0 Å². The molecule has 0 aliphatic heterocycles. The molecule has 0 nitrogen and oxygen atoms in total. The zero-order chi connectivity index (χ0) is 39.5. The smallest absolute Gasteiger partial charge is 0.214 e. The first-order valence-corrected chi connectivity index (χ1v) is 20.7. The third-order valence-corrected chi connectivity index (χ3v) is 16.4. The molecule has 2 aliphatic rings. The topological polar surface area (TPSA) is 0 Å². The summed E-state index contributed by atoms with van der Waals surface area (Å²) in [5.41, 5.74) is -6.56. The van der Waals surface area contributed by atoms with Gasteiger partial charge in [-0.05, 0) is 97.6 Å². The number of halogens is 12. The molecule has 0 saturated heterocycles. The fraction of sp³-hybridized carbons (Fsp3) is 0.450. The molecule has 0 heterocycles. The second kappa shape index (κ2) is 18.5. The van der Waals surface area contributed by atoms with Gasteiger partial charge in [-0.3, -0.25) is 0 Å². The molecule has 55 heavy (non-hydrogen) atoms. The van der Waals surface area contributed by atoms with Crippen LogP contribution in [0.3, 0.4) is 0 Å². The van der Waals surface area contributed by atoms with Crippen LogP contribution in [0, 0.1) is 0 Å². The summed E-state index contributed by atoms with van der Waals surface area (Å²) in [5.74, 6) is 0. The minimum absolute atomic E-state index is 0. The number of rotatable bonds is 7. The SMILES string of the molecule is C[C@H]([c-]1cccc1P(C1CCCCC1)C1CCCCC1)P(c1cc(C(F)(F)F)cc(C(F)(F)F)c1)c1cc(C(F)(F)F)cc(C(F)(F)F)c1.[Fe+2].c1cc[cH-]c1. The Hall–Kier alpha value is -2.32. The van der Waals surface area contributed by atoms with Gasteiger partial charge < -0.3 is 0 Å². The van der Waals surface area contributed by atoms with Crippen LogP contribution in [0.15, 0.2) is 84.9 Å². The van der Waals surface area contributed by atoms with E-state index in [1.54, 1.807) is 12.1 Å². The monoisotopic (exact) mass is 866 g/mol. The van der Waals surface area contributed by atoms with Gasteiger partial charge in [0.05, 0.1) is 22.3 Å². The fourth-order valence-corrected chi connectivity index (χ4v) is 14.6. The molecule has 1 atom stereocenters. The summed E-state index contributed by atoms with van der Waals surface area (Å²) in [5, 5.41) is -0.312. The minimum atomic E-state index is -5.27. The first-order valence-electron chi connectivity index (χ1n) is 17.8. The van der Waals surface area contributed by atoms with Crippen LogP contribution >= 0.6 is 15.8 Å². The van der Waals surface area contributed by atoms with Crippen LogP contribution in [0.25, 0.3) is 0 Å². The number of hydrogen-bond donors (Lipinski definition) is 0. The van der Waals surface area contributed by atoms with E-state index in [1.807, 2.05) is 36.4 Å². The Morgan fingerprint density at radius 3 is 1.24 bits per heavy atom. The molecule has 4 aromatic rings. The Balaban J connectivity index is 0.00000104. The van der Waals surface area contributed by atoms with Gasteiger partial charge in [-0.15, -0.1) is 10.9 Å². The Bertz CT molecular complexity index is 1600. The number of alkyl halides is 12. The van der Waals surface area contributed by atoms with Crippen molar-refractivity contribution in [3.8, 4) is 0 Å². The van der Waals surface area contributed by atoms with E-state index >= 15 is 0 Å². The fourth-order valence-electron chi connectivity index (χ4n) is 7.63. The van der Waals surface area contributed by atoms with E-state index in [1.165, 1.54) is 6.92 Å². The predicted octanol–water partition coefficient (Wildman–Crippen LogP) is 13.9. The van der Waals surface area contributed by atoms with Crippen molar-refractivity contribution in [2.24, 2.45) is 0 Å². The van der Waals surface area contributed by atoms with Gasteiger partial charge in [0.2, 0.25) is 0 Å². The minimum Gasteiger partial charge on any atom is -0.214 e.